The average molecular weight is 244 g/mol. The molecule has 94 valence electrons. The highest BCUT2D eigenvalue weighted by Crippen LogP contribution is 2.33. The molecule has 0 bridgehead atoms. The number of hydrogen-bond donors (Lipinski definition) is 1. The van der Waals surface area contributed by atoms with E-state index >= 15 is 0 Å². The molecule has 0 aliphatic carbocycles. The Bertz CT molecular complexity index is 541. The van der Waals surface area contributed by atoms with Crippen LogP contribution in [0.2, 0.25) is 0 Å². The molecule has 0 radical (unpaired) electrons. The van der Waals surface area contributed by atoms with E-state index in [4.69, 9.17) is 15.2 Å². The van der Waals surface area contributed by atoms with Gasteiger partial charge in [-0.2, -0.15) is 0 Å². The minimum Gasteiger partial charge on any atom is -0.490 e. The summed E-state index contributed by atoms with van der Waals surface area (Å²) in [6, 6.07) is 9.30. The van der Waals surface area contributed by atoms with Crippen molar-refractivity contribution in [3.63, 3.8) is 0 Å². The number of benzene rings is 1. The van der Waals surface area contributed by atoms with Crippen molar-refractivity contribution in [3.05, 3.63) is 42.1 Å². The Hall–Kier alpha value is -2.23. The van der Waals surface area contributed by atoms with Gasteiger partial charge in [-0.1, -0.05) is 12.1 Å². The summed E-state index contributed by atoms with van der Waals surface area (Å²) in [5.41, 5.74) is 7.41. The van der Waals surface area contributed by atoms with Gasteiger partial charge in [0.2, 0.25) is 5.88 Å². The van der Waals surface area contributed by atoms with E-state index < -0.39 is 0 Å². The smallest absolute Gasteiger partial charge is 0.243 e. The van der Waals surface area contributed by atoms with E-state index in [0.29, 0.717) is 29.7 Å². The molecular formula is C14H16N2O2. The van der Waals surface area contributed by atoms with Crippen molar-refractivity contribution in [2.45, 2.75) is 13.8 Å². The molecule has 18 heavy (non-hydrogen) atoms. The van der Waals surface area contributed by atoms with Crippen LogP contribution in [0.5, 0.6) is 17.4 Å². The van der Waals surface area contributed by atoms with Gasteiger partial charge >= 0.3 is 0 Å². The van der Waals surface area contributed by atoms with E-state index in [0.717, 1.165) is 5.56 Å². The number of nitrogen functional groups attached to an aromatic ring is 1. The van der Waals surface area contributed by atoms with Gasteiger partial charge < -0.3 is 15.2 Å². The Balaban J connectivity index is 2.31. The molecule has 4 heteroatoms. The molecule has 0 saturated carbocycles. The highest BCUT2D eigenvalue weighted by molar-refractivity contribution is 5.56. The molecule has 0 amide bonds. The molecule has 4 nitrogen and oxygen atoms in total. The topological polar surface area (TPSA) is 57.4 Å². The van der Waals surface area contributed by atoms with Crippen LogP contribution in [-0.4, -0.2) is 11.6 Å². The Morgan fingerprint density at radius 1 is 1.17 bits per heavy atom. The molecule has 0 saturated heterocycles. The van der Waals surface area contributed by atoms with Crippen molar-refractivity contribution >= 4 is 5.69 Å². The summed E-state index contributed by atoms with van der Waals surface area (Å²) in [7, 11) is 0. The van der Waals surface area contributed by atoms with Gasteiger partial charge in [0.05, 0.1) is 12.3 Å². The first kappa shape index (κ1) is 12.2. The highest BCUT2D eigenvalue weighted by Gasteiger charge is 2.09. The number of aryl methyl sites for hydroxylation is 1. The zero-order valence-corrected chi connectivity index (χ0v) is 10.5. The summed E-state index contributed by atoms with van der Waals surface area (Å²) in [6.07, 6.45) is 1.67. The molecular weight excluding hydrogens is 228 g/mol. The lowest BCUT2D eigenvalue weighted by Gasteiger charge is -2.12. The monoisotopic (exact) mass is 244 g/mol. The van der Waals surface area contributed by atoms with Crippen LogP contribution < -0.4 is 15.2 Å². The van der Waals surface area contributed by atoms with Gasteiger partial charge in [-0.05, 0) is 37.6 Å². The summed E-state index contributed by atoms with van der Waals surface area (Å²) >= 11 is 0. The summed E-state index contributed by atoms with van der Waals surface area (Å²) in [4.78, 5) is 4.13. The van der Waals surface area contributed by atoms with Crippen molar-refractivity contribution in [1.29, 1.82) is 0 Å². The number of ether oxygens (including phenoxy) is 2. The van der Waals surface area contributed by atoms with Gasteiger partial charge in [-0.15, -0.1) is 0 Å². The molecule has 2 aromatic rings. The zero-order chi connectivity index (χ0) is 13.0. The number of anilines is 1. The second-order valence-corrected chi connectivity index (χ2v) is 3.83. The van der Waals surface area contributed by atoms with Gasteiger partial charge in [0.1, 0.15) is 0 Å². The molecule has 1 aromatic heterocycles. The predicted molar refractivity (Wildman–Crippen MR) is 71.1 cm³/mol. The van der Waals surface area contributed by atoms with Gasteiger partial charge in [-0.25, -0.2) is 4.98 Å². The van der Waals surface area contributed by atoms with Crippen molar-refractivity contribution in [2.24, 2.45) is 0 Å². The molecule has 0 atom stereocenters. The molecule has 0 aliphatic heterocycles. The van der Waals surface area contributed by atoms with Crippen molar-refractivity contribution in [2.75, 3.05) is 12.3 Å². The fourth-order valence-corrected chi connectivity index (χ4v) is 1.54. The van der Waals surface area contributed by atoms with E-state index in [-0.39, 0.29) is 0 Å². The summed E-state index contributed by atoms with van der Waals surface area (Å²) in [5.74, 6) is 1.70. The molecule has 1 heterocycles. The fourth-order valence-electron chi connectivity index (χ4n) is 1.54. The third kappa shape index (κ3) is 2.53. The SMILES string of the molecule is CCOc1ccccc1Oc1nccc(C)c1N. The molecule has 1 aromatic carbocycles. The lowest BCUT2D eigenvalue weighted by Crippen LogP contribution is -1.99. The normalized spacial score (nSPS) is 10.1. The van der Waals surface area contributed by atoms with Crippen LogP contribution in [0.4, 0.5) is 5.69 Å². The maximum absolute atomic E-state index is 5.93. The number of pyridine rings is 1. The highest BCUT2D eigenvalue weighted by atomic mass is 16.5. The lowest BCUT2D eigenvalue weighted by atomic mass is 10.2. The Kier molecular flexibility index (Phi) is 3.67. The third-order valence-corrected chi connectivity index (χ3v) is 2.53. The number of aromatic nitrogens is 1. The van der Waals surface area contributed by atoms with Crippen LogP contribution in [0.3, 0.4) is 0 Å². The second-order valence-electron chi connectivity index (χ2n) is 3.83. The number of hydrogen-bond acceptors (Lipinski definition) is 4. The van der Waals surface area contributed by atoms with E-state index in [1.165, 1.54) is 0 Å². The fraction of sp³-hybridized carbons (Fsp3) is 0.214. The molecule has 0 unspecified atom stereocenters. The Morgan fingerprint density at radius 3 is 2.61 bits per heavy atom. The van der Waals surface area contributed by atoms with Crippen LogP contribution >= 0.6 is 0 Å². The summed E-state index contributed by atoms with van der Waals surface area (Å²) in [5, 5.41) is 0. The zero-order valence-electron chi connectivity index (χ0n) is 10.5. The first-order chi connectivity index (χ1) is 8.72. The Labute approximate surface area is 106 Å². The summed E-state index contributed by atoms with van der Waals surface area (Å²) in [6.45, 7) is 4.42. The predicted octanol–water partition coefficient (Wildman–Crippen LogP) is 3.16. The maximum atomic E-state index is 5.93. The summed E-state index contributed by atoms with van der Waals surface area (Å²) < 4.78 is 11.2. The van der Waals surface area contributed by atoms with E-state index in [2.05, 4.69) is 4.98 Å². The van der Waals surface area contributed by atoms with E-state index in [1.807, 2.05) is 44.2 Å². The molecule has 0 aliphatic rings. The average Bonchev–Trinajstić information content (AvgIpc) is 2.37. The quantitative estimate of drug-likeness (QED) is 0.897. The van der Waals surface area contributed by atoms with Gasteiger partial charge in [0.15, 0.2) is 11.5 Å². The lowest BCUT2D eigenvalue weighted by molar-refractivity contribution is 0.320. The Morgan fingerprint density at radius 2 is 1.89 bits per heavy atom. The van der Waals surface area contributed by atoms with E-state index in [1.54, 1.807) is 6.20 Å². The third-order valence-electron chi connectivity index (χ3n) is 2.53. The molecule has 2 rings (SSSR count). The van der Waals surface area contributed by atoms with Gasteiger partial charge in [0, 0.05) is 6.20 Å². The van der Waals surface area contributed by atoms with Crippen LogP contribution in [0.1, 0.15) is 12.5 Å². The minimum absolute atomic E-state index is 0.405. The number of rotatable bonds is 4. The molecule has 2 N–H and O–H groups in total. The van der Waals surface area contributed by atoms with Crippen molar-refractivity contribution in [1.82, 2.24) is 4.98 Å². The number of para-hydroxylation sites is 2. The molecule has 0 fully saturated rings. The van der Waals surface area contributed by atoms with Gasteiger partial charge in [-0.3, -0.25) is 0 Å². The maximum Gasteiger partial charge on any atom is 0.243 e. The largest absolute Gasteiger partial charge is 0.490 e. The van der Waals surface area contributed by atoms with Crippen LogP contribution in [0.15, 0.2) is 36.5 Å². The number of nitrogens with zero attached hydrogens (tertiary/aromatic N) is 1. The van der Waals surface area contributed by atoms with E-state index in [9.17, 15) is 0 Å². The van der Waals surface area contributed by atoms with Crippen LogP contribution in [0, 0.1) is 6.92 Å². The van der Waals surface area contributed by atoms with Crippen LogP contribution in [-0.2, 0) is 0 Å². The standard InChI is InChI=1S/C14H16N2O2/c1-3-17-11-6-4-5-7-12(11)18-14-13(15)10(2)8-9-16-14/h4-9H,3,15H2,1-2H3. The number of nitrogens with two attached hydrogens (primary N) is 1. The van der Waals surface area contributed by atoms with Gasteiger partial charge in [0.25, 0.3) is 0 Å². The molecule has 0 spiro atoms. The van der Waals surface area contributed by atoms with Crippen molar-refractivity contribution < 1.29 is 9.47 Å². The first-order valence-electron chi connectivity index (χ1n) is 5.83. The first-order valence-corrected chi connectivity index (χ1v) is 5.83. The van der Waals surface area contributed by atoms with Crippen LogP contribution in [0.25, 0.3) is 0 Å². The van der Waals surface area contributed by atoms with Crippen molar-refractivity contribution in [3.8, 4) is 17.4 Å². The second kappa shape index (κ2) is 5.40. The minimum atomic E-state index is 0.405.